The Balaban J connectivity index is 1.81. The van der Waals surface area contributed by atoms with Crippen LogP contribution in [0.15, 0.2) is 59.1 Å². The monoisotopic (exact) mass is 396 g/mol. The van der Waals surface area contributed by atoms with Gasteiger partial charge >= 0.3 is 0 Å². The van der Waals surface area contributed by atoms with Crippen LogP contribution in [-0.4, -0.2) is 28.8 Å². The van der Waals surface area contributed by atoms with Crippen LogP contribution in [0, 0.1) is 17.1 Å². The molecule has 7 heteroatoms. The zero-order valence-corrected chi connectivity index (χ0v) is 15.9. The number of nitriles is 1. The van der Waals surface area contributed by atoms with Crippen molar-refractivity contribution in [2.24, 2.45) is 0 Å². The fourth-order valence-corrected chi connectivity index (χ4v) is 5.08. The smallest absolute Gasteiger partial charge is 0.231 e. The molecule has 0 saturated carbocycles. The fraction of sp³-hybridized carbons (Fsp3) is 0.238. The Morgan fingerprint density at radius 1 is 1.32 bits per heavy atom. The molecule has 2 aliphatic rings. The molecule has 0 aliphatic carbocycles. The second-order valence-electron chi connectivity index (χ2n) is 6.71. The molecule has 2 heterocycles. The molecule has 1 saturated heterocycles. The Labute approximate surface area is 166 Å². The molecule has 2 aromatic carbocycles. The summed E-state index contributed by atoms with van der Waals surface area (Å²) in [7, 11) is 1.53. The van der Waals surface area contributed by atoms with Gasteiger partial charge in [-0.1, -0.05) is 24.3 Å². The molecule has 4 rings (SSSR count). The topological polar surface area (TPSA) is 73.6 Å². The van der Waals surface area contributed by atoms with Crippen LogP contribution in [0.3, 0.4) is 0 Å². The molecule has 28 heavy (non-hydrogen) atoms. The average molecular weight is 396 g/mol. The van der Waals surface area contributed by atoms with Crippen molar-refractivity contribution in [2.45, 2.75) is 18.1 Å². The number of hydrogen-bond acceptors (Lipinski definition) is 5. The van der Waals surface area contributed by atoms with Gasteiger partial charge in [-0.05, 0) is 29.8 Å². The third kappa shape index (κ3) is 2.86. The molecule has 0 bridgehead atoms. The Hall–Kier alpha value is -2.82. The SMILES string of the molecule is COc1cccc([C@@]2(O)CSC3=C(C#N)[C@@H](c4cccc(F)c4)CC(=O)N32)c1. The summed E-state index contributed by atoms with van der Waals surface area (Å²) in [4.78, 5) is 14.3. The van der Waals surface area contributed by atoms with E-state index < -0.39 is 17.5 Å². The van der Waals surface area contributed by atoms with E-state index in [0.717, 1.165) is 0 Å². The Morgan fingerprint density at radius 3 is 2.82 bits per heavy atom. The lowest BCUT2D eigenvalue weighted by Crippen LogP contribution is -2.48. The maximum Gasteiger partial charge on any atom is 0.231 e. The first-order valence-corrected chi connectivity index (χ1v) is 9.69. The molecule has 0 aromatic heterocycles. The van der Waals surface area contributed by atoms with Crippen molar-refractivity contribution in [2.75, 3.05) is 12.9 Å². The van der Waals surface area contributed by atoms with Crippen molar-refractivity contribution in [1.82, 2.24) is 4.90 Å². The summed E-state index contributed by atoms with van der Waals surface area (Å²) in [6, 6.07) is 15.0. The van der Waals surface area contributed by atoms with E-state index in [1.165, 1.54) is 35.9 Å². The van der Waals surface area contributed by atoms with Gasteiger partial charge in [-0.3, -0.25) is 9.69 Å². The quantitative estimate of drug-likeness (QED) is 0.860. The van der Waals surface area contributed by atoms with Gasteiger partial charge in [0.25, 0.3) is 0 Å². The van der Waals surface area contributed by atoms with Crippen LogP contribution in [0.2, 0.25) is 0 Å². The molecular formula is C21H17FN2O3S. The van der Waals surface area contributed by atoms with Crippen LogP contribution in [0.1, 0.15) is 23.5 Å². The van der Waals surface area contributed by atoms with Crippen LogP contribution in [0.25, 0.3) is 0 Å². The van der Waals surface area contributed by atoms with Crippen LogP contribution >= 0.6 is 11.8 Å². The highest BCUT2D eigenvalue weighted by molar-refractivity contribution is 8.03. The lowest BCUT2D eigenvalue weighted by molar-refractivity contribution is -0.149. The normalized spacial score (nSPS) is 24.1. The number of hydrogen-bond donors (Lipinski definition) is 1. The van der Waals surface area contributed by atoms with E-state index in [1.807, 2.05) is 0 Å². The number of rotatable bonds is 3. The van der Waals surface area contributed by atoms with Crippen molar-refractivity contribution in [3.8, 4) is 11.8 Å². The summed E-state index contributed by atoms with van der Waals surface area (Å²) in [6.07, 6.45) is -0.0112. The summed E-state index contributed by atoms with van der Waals surface area (Å²) >= 11 is 1.26. The molecule has 1 N–H and O–H groups in total. The number of benzene rings is 2. The lowest BCUT2D eigenvalue weighted by atomic mass is 9.85. The minimum absolute atomic E-state index is 0.0112. The van der Waals surface area contributed by atoms with Gasteiger partial charge in [0.15, 0.2) is 5.72 Å². The maximum absolute atomic E-state index is 13.7. The number of nitrogens with zero attached hydrogens (tertiary/aromatic N) is 2. The molecule has 0 spiro atoms. The number of methoxy groups -OCH3 is 1. The molecule has 142 valence electrons. The molecule has 1 amide bonds. The second kappa shape index (κ2) is 6.97. The Morgan fingerprint density at radius 2 is 2.11 bits per heavy atom. The number of carbonyl (C=O) groups is 1. The first-order chi connectivity index (χ1) is 13.5. The summed E-state index contributed by atoms with van der Waals surface area (Å²) in [5.41, 5.74) is -0.103. The standard InChI is InChI=1S/C21H17FN2O3S/c1-27-16-7-3-5-14(9-16)21(26)12-28-20-18(11-23)17(10-19(25)24(20)21)13-4-2-6-15(22)8-13/h2-9,17,26H,10,12H2,1H3/t17-,21+/m1/s1. The summed E-state index contributed by atoms with van der Waals surface area (Å²) in [5.74, 6) is -0.488. The minimum Gasteiger partial charge on any atom is -0.497 e. The predicted molar refractivity (Wildman–Crippen MR) is 103 cm³/mol. The van der Waals surface area contributed by atoms with Crippen LogP contribution in [0.5, 0.6) is 5.75 Å². The van der Waals surface area contributed by atoms with Crippen LogP contribution < -0.4 is 4.74 Å². The van der Waals surface area contributed by atoms with Crippen molar-refractivity contribution >= 4 is 17.7 Å². The van der Waals surface area contributed by atoms with E-state index in [2.05, 4.69) is 6.07 Å². The van der Waals surface area contributed by atoms with Gasteiger partial charge in [0.05, 0.1) is 29.5 Å². The van der Waals surface area contributed by atoms with E-state index in [1.54, 1.807) is 36.4 Å². The van der Waals surface area contributed by atoms with Gasteiger partial charge in [-0.15, -0.1) is 11.8 Å². The van der Waals surface area contributed by atoms with Gasteiger partial charge in [-0.2, -0.15) is 5.26 Å². The molecule has 2 atom stereocenters. The number of allylic oxidation sites excluding steroid dienone is 1. The number of fused-ring (bicyclic) bond motifs is 1. The van der Waals surface area contributed by atoms with Crippen molar-refractivity contribution in [3.05, 3.63) is 76.1 Å². The Kier molecular flexibility index (Phi) is 4.61. The van der Waals surface area contributed by atoms with E-state index in [9.17, 15) is 19.6 Å². The van der Waals surface area contributed by atoms with Crippen LogP contribution in [0.4, 0.5) is 4.39 Å². The number of thioether (sulfide) groups is 1. The molecular weight excluding hydrogens is 379 g/mol. The number of halogens is 1. The van der Waals surface area contributed by atoms with E-state index in [0.29, 0.717) is 27.5 Å². The van der Waals surface area contributed by atoms with E-state index in [-0.39, 0.29) is 18.1 Å². The molecule has 2 aliphatic heterocycles. The molecule has 0 unspecified atom stereocenters. The largest absolute Gasteiger partial charge is 0.497 e. The highest BCUT2D eigenvalue weighted by Crippen LogP contribution is 2.51. The number of aliphatic hydroxyl groups is 1. The highest BCUT2D eigenvalue weighted by Gasteiger charge is 2.51. The zero-order chi connectivity index (χ0) is 19.9. The number of ether oxygens (including phenoxy) is 1. The predicted octanol–water partition coefficient (Wildman–Crippen LogP) is 3.48. The highest BCUT2D eigenvalue weighted by atomic mass is 32.2. The van der Waals surface area contributed by atoms with Crippen molar-refractivity contribution in [3.63, 3.8) is 0 Å². The second-order valence-corrected chi connectivity index (χ2v) is 7.67. The number of amides is 1. The Bertz CT molecular complexity index is 1030. The molecule has 0 radical (unpaired) electrons. The number of carbonyl (C=O) groups excluding carboxylic acids is 1. The summed E-state index contributed by atoms with van der Waals surface area (Å²) in [5, 5.41) is 21.6. The molecule has 1 fully saturated rings. The van der Waals surface area contributed by atoms with Gasteiger partial charge < -0.3 is 9.84 Å². The summed E-state index contributed by atoms with van der Waals surface area (Å²) in [6.45, 7) is 0. The molecule has 5 nitrogen and oxygen atoms in total. The minimum atomic E-state index is -1.57. The maximum atomic E-state index is 13.7. The summed E-state index contributed by atoms with van der Waals surface area (Å²) < 4.78 is 18.9. The van der Waals surface area contributed by atoms with Crippen molar-refractivity contribution < 1.29 is 19.0 Å². The zero-order valence-electron chi connectivity index (χ0n) is 15.1. The average Bonchev–Trinajstić information content (AvgIpc) is 3.07. The van der Waals surface area contributed by atoms with Gasteiger partial charge in [0.1, 0.15) is 11.6 Å². The third-order valence-corrected chi connectivity index (χ3v) is 6.32. The van der Waals surface area contributed by atoms with Gasteiger partial charge in [0.2, 0.25) is 5.91 Å². The van der Waals surface area contributed by atoms with Gasteiger partial charge in [-0.25, -0.2) is 4.39 Å². The van der Waals surface area contributed by atoms with Crippen LogP contribution in [-0.2, 0) is 10.5 Å². The van der Waals surface area contributed by atoms with E-state index >= 15 is 0 Å². The van der Waals surface area contributed by atoms with Gasteiger partial charge in [0, 0.05) is 17.9 Å². The first-order valence-electron chi connectivity index (χ1n) is 8.70. The fourth-order valence-electron chi connectivity index (χ4n) is 3.72. The van der Waals surface area contributed by atoms with E-state index in [4.69, 9.17) is 4.74 Å². The van der Waals surface area contributed by atoms with Crippen molar-refractivity contribution in [1.29, 1.82) is 5.26 Å². The molecule has 2 aromatic rings. The first kappa shape index (κ1) is 18.5. The third-order valence-electron chi connectivity index (χ3n) is 5.09. The lowest BCUT2D eigenvalue weighted by Gasteiger charge is -2.38.